The zero-order valence-corrected chi connectivity index (χ0v) is 11.4. The quantitative estimate of drug-likeness (QED) is 0.859. The van der Waals surface area contributed by atoms with Crippen molar-refractivity contribution in [2.75, 3.05) is 6.54 Å². The highest BCUT2D eigenvalue weighted by atomic mass is 19.1. The third kappa shape index (κ3) is 3.06. The van der Waals surface area contributed by atoms with Crippen molar-refractivity contribution < 1.29 is 4.39 Å². The average Bonchev–Trinajstić information content (AvgIpc) is 2.92. The third-order valence-electron chi connectivity index (χ3n) is 4.45. The first kappa shape index (κ1) is 12.9. The Morgan fingerprint density at radius 3 is 2.84 bits per heavy atom. The molecule has 1 nitrogen and oxygen atoms in total. The number of hydrogen-bond acceptors (Lipinski definition) is 1. The van der Waals surface area contributed by atoms with E-state index in [0.717, 1.165) is 43.0 Å². The maximum Gasteiger partial charge on any atom is 0.127 e. The summed E-state index contributed by atoms with van der Waals surface area (Å²) in [4.78, 5) is 0. The van der Waals surface area contributed by atoms with Gasteiger partial charge in [-0.3, -0.25) is 0 Å². The van der Waals surface area contributed by atoms with Crippen LogP contribution in [0.4, 0.5) is 4.39 Å². The maximum atomic E-state index is 13.6. The van der Waals surface area contributed by atoms with Crippen LogP contribution in [0.3, 0.4) is 0 Å². The molecule has 0 unspecified atom stereocenters. The van der Waals surface area contributed by atoms with E-state index in [1.54, 1.807) is 6.07 Å². The van der Waals surface area contributed by atoms with Crippen LogP contribution in [0.2, 0.25) is 0 Å². The molecule has 0 spiro atoms. The molecule has 1 N–H and O–H groups in total. The number of halogens is 1. The van der Waals surface area contributed by atoms with Crippen LogP contribution in [0.15, 0.2) is 23.8 Å². The minimum absolute atomic E-state index is 0.0446. The summed E-state index contributed by atoms with van der Waals surface area (Å²) in [6.07, 6.45) is 10.6. The van der Waals surface area contributed by atoms with Crippen LogP contribution in [0.1, 0.15) is 49.7 Å². The van der Waals surface area contributed by atoms with Crippen molar-refractivity contribution in [1.29, 1.82) is 0 Å². The Kier molecular flexibility index (Phi) is 3.97. The maximum absolute atomic E-state index is 13.6. The molecule has 1 aromatic carbocycles. The molecule has 0 amide bonds. The van der Waals surface area contributed by atoms with Crippen molar-refractivity contribution in [3.05, 3.63) is 40.7 Å². The molecule has 2 aliphatic carbocycles. The van der Waals surface area contributed by atoms with E-state index >= 15 is 0 Å². The zero-order chi connectivity index (χ0) is 13.1. The summed E-state index contributed by atoms with van der Waals surface area (Å²) in [5.74, 6) is -0.0446. The second-order valence-corrected chi connectivity index (χ2v) is 5.80. The van der Waals surface area contributed by atoms with E-state index in [0.29, 0.717) is 0 Å². The molecular formula is C17H22FN. The fraction of sp³-hybridized carbons (Fsp3) is 0.529. The Labute approximate surface area is 114 Å². The molecule has 0 aliphatic heterocycles. The summed E-state index contributed by atoms with van der Waals surface area (Å²) in [5, 5.41) is 3.65. The molecule has 2 aliphatic rings. The molecule has 2 heteroatoms. The molecule has 0 bridgehead atoms. The molecule has 19 heavy (non-hydrogen) atoms. The fourth-order valence-electron chi connectivity index (χ4n) is 3.32. The highest BCUT2D eigenvalue weighted by Crippen LogP contribution is 2.27. The van der Waals surface area contributed by atoms with E-state index in [9.17, 15) is 4.39 Å². The summed E-state index contributed by atoms with van der Waals surface area (Å²) in [6.45, 7) is 1.07. The first-order chi connectivity index (χ1) is 9.33. The predicted octanol–water partition coefficient (Wildman–Crippen LogP) is 4.08. The van der Waals surface area contributed by atoms with Crippen LogP contribution in [-0.4, -0.2) is 12.6 Å². The van der Waals surface area contributed by atoms with Gasteiger partial charge in [0.2, 0.25) is 0 Å². The lowest BCUT2D eigenvalue weighted by molar-refractivity contribution is 0.524. The summed E-state index contributed by atoms with van der Waals surface area (Å²) in [7, 11) is 0. The van der Waals surface area contributed by atoms with Gasteiger partial charge in [-0.05, 0) is 55.8 Å². The molecule has 0 aromatic heterocycles. The number of fused-ring (bicyclic) bond motifs is 1. The largest absolute Gasteiger partial charge is 0.314 e. The van der Waals surface area contributed by atoms with Crippen molar-refractivity contribution in [3.63, 3.8) is 0 Å². The highest BCUT2D eigenvalue weighted by Gasteiger charge is 2.16. The van der Waals surface area contributed by atoms with E-state index in [1.807, 2.05) is 12.1 Å². The molecule has 0 saturated heterocycles. The van der Waals surface area contributed by atoms with Crippen LogP contribution in [0, 0.1) is 5.82 Å². The fourth-order valence-corrected chi connectivity index (χ4v) is 3.32. The summed E-state index contributed by atoms with van der Waals surface area (Å²) in [6, 6.07) is 6.15. The third-order valence-corrected chi connectivity index (χ3v) is 4.45. The lowest BCUT2D eigenvalue weighted by Crippen LogP contribution is -2.27. The van der Waals surface area contributed by atoms with Gasteiger partial charge < -0.3 is 5.32 Å². The Balaban J connectivity index is 1.57. The standard InChI is InChI=1S/C17H22FN/c18-17-7-3-4-14-12-13(8-9-16(14)17)10-11-19-15-5-1-2-6-15/h3-4,7,12,15,19H,1-2,5-6,8-11H2. The van der Waals surface area contributed by atoms with Gasteiger partial charge in [0.05, 0.1) is 0 Å². The number of nitrogens with one attached hydrogen (secondary N) is 1. The molecule has 102 valence electrons. The lowest BCUT2D eigenvalue weighted by atomic mass is 9.90. The van der Waals surface area contributed by atoms with Crippen LogP contribution >= 0.6 is 0 Å². The average molecular weight is 259 g/mol. The number of benzene rings is 1. The normalized spacial score (nSPS) is 19.3. The Morgan fingerprint density at radius 2 is 2.00 bits per heavy atom. The second kappa shape index (κ2) is 5.87. The molecule has 1 aromatic rings. The number of rotatable bonds is 4. The van der Waals surface area contributed by atoms with E-state index in [2.05, 4.69) is 11.4 Å². The van der Waals surface area contributed by atoms with Gasteiger partial charge in [0.1, 0.15) is 5.82 Å². The van der Waals surface area contributed by atoms with Crippen molar-refractivity contribution in [2.45, 2.75) is 51.0 Å². The van der Waals surface area contributed by atoms with Crippen molar-refractivity contribution in [2.24, 2.45) is 0 Å². The van der Waals surface area contributed by atoms with Gasteiger partial charge in [-0.25, -0.2) is 4.39 Å². The minimum atomic E-state index is -0.0446. The van der Waals surface area contributed by atoms with Gasteiger partial charge in [-0.1, -0.05) is 36.6 Å². The van der Waals surface area contributed by atoms with Crippen molar-refractivity contribution in [1.82, 2.24) is 5.32 Å². The molecular weight excluding hydrogens is 237 g/mol. The van der Waals surface area contributed by atoms with Gasteiger partial charge in [0, 0.05) is 6.04 Å². The van der Waals surface area contributed by atoms with Gasteiger partial charge in [0.15, 0.2) is 0 Å². The van der Waals surface area contributed by atoms with Gasteiger partial charge in [-0.2, -0.15) is 0 Å². The van der Waals surface area contributed by atoms with Gasteiger partial charge in [0.25, 0.3) is 0 Å². The van der Waals surface area contributed by atoms with E-state index in [4.69, 9.17) is 0 Å². The summed E-state index contributed by atoms with van der Waals surface area (Å²) in [5.41, 5.74) is 3.45. The smallest absolute Gasteiger partial charge is 0.127 e. The summed E-state index contributed by atoms with van der Waals surface area (Å²) >= 11 is 0. The van der Waals surface area contributed by atoms with E-state index in [1.165, 1.54) is 31.3 Å². The van der Waals surface area contributed by atoms with Crippen molar-refractivity contribution in [3.8, 4) is 0 Å². The monoisotopic (exact) mass is 259 g/mol. The Bertz CT molecular complexity index is 472. The Hall–Kier alpha value is -1.15. The molecule has 0 atom stereocenters. The van der Waals surface area contributed by atoms with Crippen molar-refractivity contribution >= 4 is 6.08 Å². The van der Waals surface area contributed by atoms with E-state index < -0.39 is 0 Å². The minimum Gasteiger partial charge on any atom is -0.314 e. The lowest BCUT2D eigenvalue weighted by Gasteiger charge is -2.18. The topological polar surface area (TPSA) is 12.0 Å². The zero-order valence-electron chi connectivity index (χ0n) is 11.4. The van der Waals surface area contributed by atoms with E-state index in [-0.39, 0.29) is 5.82 Å². The summed E-state index contributed by atoms with van der Waals surface area (Å²) < 4.78 is 13.6. The predicted molar refractivity (Wildman–Crippen MR) is 77.6 cm³/mol. The van der Waals surface area contributed by atoms with Gasteiger partial charge in [-0.15, -0.1) is 0 Å². The Morgan fingerprint density at radius 1 is 1.16 bits per heavy atom. The first-order valence-corrected chi connectivity index (χ1v) is 7.53. The molecule has 0 heterocycles. The molecule has 1 fully saturated rings. The first-order valence-electron chi connectivity index (χ1n) is 7.53. The molecule has 0 radical (unpaired) electrons. The van der Waals surface area contributed by atoms with Crippen LogP contribution in [-0.2, 0) is 6.42 Å². The second-order valence-electron chi connectivity index (χ2n) is 5.80. The van der Waals surface area contributed by atoms with Crippen LogP contribution < -0.4 is 5.32 Å². The highest BCUT2D eigenvalue weighted by molar-refractivity contribution is 5.59. The van der Waals surface area contributed by atoms with Crippen LogP contribution in [0.25, 0.3) is 6.08 Å². The van der Waals surface area contributed by atoms with Gasteiger partial charge >= 0.3 is 0 Å². The molecule has 3 rings (SSSR count). The molecule has 1 saturated carbocycles. The van der Waals surface area contributed by atoms with Crippen LogP contribution in [0.5, 0.6) is 0 Å². The number of hydrogen-bond donors (Lipinski definition) is 1. The SMILES string of the molecule is Fc1cccc2c1CCC(CCNC1CCCC1)=C2.